The summed E-state index contributed by atoms with van der Waals surface area (Å²) in [6.45, 7) is 0. The van der Waals surface area contributed by atoms with Crippen molar-refractivity contribution >= 4 is 12.0 Å². The SMILES string of the molecule is NNc1ccc(C=O)cc1F. The Balaban J connectivity index is 3.09. The number of hydrogen-bond acceptors (Lipinski definition) is 3. The molecule has 0 atom stereocenters. The molecule has 3 N–H and O–H groups in total. The number of benzene rings is 1. The first-order chi connectivity index (χ1) is 5.27. The number of hydrazine groups is 1. The highest BCUT2D eigenvalue weighted by atomic mass is 19.1. The topological polar surface area (TPSA) is 55.1 Å². The van der Waals surface area contributed by atoms with Crippen LogP contribution in [-0.4, -0.2) is 6.29 Å². The molecule has 1 rings (SSSR count). The molecule has 0 unspecified atom stereocenters. The van der Waals surface area contributed by atoms with E-state index < -0.39 is 5.82 Å². The van der Waals surface area contributed by atoms with Crippen molar-refractivity contribution in [1.29, 1.82) is 0 Å². The summed E-state index contributed by atoms with van der Waals surface area (Å²) in [4.78, 5) is 10.1. The van der Waals surface area contributed by atoms with Crippen molar-refractivity contribution in [2.75, 3.05) is 5.43 Å². The monoisotopic (exact) mass is 154 g/mol. The number of carbonyl (C=O) groups excluding carboxylic acids is 1. The molecule has 4 heteroatoms. The first-order valence-corrected chi connectivity index (χ1v) is 2.99. The third-order valence-corrected chi connectivity index (χ3v) is 1.28. The van der Waals surface area contributed by atoms with Crippen molar-refractivity contribution < 1.29 is 9.18 Å². The molecule has 0 fully saturated rings. The van der Waals surface area contributed by atoms with Crippen molar-refractivity contribution in [2.24, 2.45) is 5.84 Å². The van der Waals surface area contributed by atoms with Gasteiger partial charge in [0.25, 0.3) is 0 Å². The molecule has 11 heavy (non-hydrogen) atoms. The summed E-state index contributed by atoms with van der Waals surface area (Å²) in [5.74, 6) is 4.43. The molecule has 0 radical (unpaired) electrons. The van der Waals surface area contributed by atoms with Gasteiger partial charge in [-0.1, -0.05) is 0 Å². The molecule has 0 bridgehead atoms. The van der Waals surface area contributed by atoms with Crippen LogP contribution in [0.2, 0.25) is 0 Å². The number of carbonyl (C=O) groups is 1. The summed E-state index contributed by atoms with van der Waals surface area (Å²) in [6.07, 6.45) is 0.573. The zero-order valence-corrected chi connectivity index (χ0v) is 5.67. The molecule has 3 nitrogen and oxygen atoms in total. The van der Waals surface area contributed by atoms with E-state index in [4.69, 9.17) is 5.84 Å². The van der Waals surface area contributed by atoms with Gasteiger partial charge in [0.05, 0.1) is 5.69 Å². The molecule has 0 saturated carbocycles. The summed E-state index contributed by atoms with van der Waals surface area (Å²) in [6, 6.07) is 3.99. The first-order valence-electron chi connectivity index (χ1n) is 2.99. The lowest BCUT2D eigenvalue weighted by atomic mass is 10.2. The maximum absolute atomic E-state index is 12.7. The van der Waals surface area contributed by atoms with E-state index in [0.717, 1.165) is 6.07 Å². The molecule has 0 saturated heterocycles. The van der Waals surface area contributed by atoms with Crippen molar-refractivity contribution in [3.63, 3.8) is 0 Å². The van der Waals surface area contributed by atoms with E-state index in [0.29, 0.717) is 11.8 Å². The molecule has 0 amide bonds. The molecular formula is C7H7FN2O. The van der Waals surface area contributed by atoms with E-state index in [9.17, 15) is 9.18 Å². The minimum Gasteiger partial charge on any atom is -0.321 e. The van der Waals surface area contributed by atoms with Crippen molar-refractivity contribution in [1.82, 2.24) is 0 Å². The van der Waals surface area contributed by atoms with E-state index in [1.807, 2.05) is 0 Å². The average Bonchev–Trinajstić information content (AvgIpc) is 2.04. The third-order valence-electron chi connectivity index (χ3n) is 1.28. The average molecular weight is 154 g/mol. The van der Waals surface area contributed by atoms with Crippen LogP contribution in [0.25, 0.3) is 0 Å². The fourth-order valence-electron chi connectivity index (χ4n) is 0.722. The van der Waals surface area contributed by atoms with E-state index in [-0.39, 0.29) is 5.69 Å². The van der Waals surface area contributed by atoms with Crippen LogP contribution < -0.4 is 11.3 Å². The van der Waals surface area contributed by atoms with Crippen LogP contribution in [-0.2, 0) is 0 Å². The molecule has 1 aromatic carbocycles. The fraction of sp³-hybridized carbons (Fsp3) is 0. The van der Waals surface area contributed by atoms with Gasteiger partial charge in [-0.25, -0.2) is 4.39 Å². The Morgan fingerprint density at radius 3 is 2.73 bits per heavy atom. The highest BCUT2D eigenvalue weighted by Gasteiger charge is 1.99. The second-order valence-corrected chi connectivity index (χ2v) is 2.00. The Morgan fingerprint density at radius 2 is 2.27 bits per heavy atom. The number of nitrogens with two attached hydrogens (primary N) is 1. The minimum atomic E-state index is -0.530. The lowest BCUT2D eigenvalue weighted by molar-refractivity contribution is 0.112. The maximum atomic E-state index is 12.7. The van der Waals surface area contributed by atoms with Gasteiger partial charge in [0.2, 0.25) is 0 Å². The second-order valence-electron chi connectivity index (χ2n) is 2.00. The summed E-state index contributed by atoms with van der Waals surface area (Å²) < 4.78 is 12.7. The molecule has 0 spiro atoms. The Hall–Kier alpha value is -1.42. The van der Waals surface area contributed by atoms with Gasteiger partial charge in [0, 0.05) is 5.56 Å². The zero-order chi connectivity index (χ0) is 8.27. The predicted molar refractivity (Wildman–Crippen MR) is 39.6 cm³/mol. The summed E-state index contributed by atoms with van der Waals surface area (Å²) in [5.41, 5.74) is 2.63. The fourth-order valence-corrected chi connectivity index (χ4v) is 0.722. The van der Waals surface area contributed by atoms with Crippen LogP contribution in [0.3, 0.4) is 0 Å². The Bertz CT molecular complexity index is 275. The van der Waals surface area contributed by atoms with Crippen LogP contribution in [0, 0.1) is 5.82 Å². The van der Waals surface area contributed by atoms with Gasteiger partial charge in [-0.05, 0) is 18.2 Å². The Labute approximate surface area is 63.0 Å². The first kappa shape index (κ1) is 7.68. The lowest BCUT2D eigenvalue weighted by Crippen LogP contribution is -2.08. The van der Waals surface area contributed by atoms with Crippen molar-refractivity contribution in [2.45, 2.75) is 0 Å². The lowest BCUT2D eigenvalue weighted by Gasteiger charge is -2.00. The number of halogens is 1. The second kappa shape index (κ2) is 3.12. The number of nitrogens with one attached hydrogen (secondary N) is 1. The van der Waals surface area contributed by atoms with Crippen LogP contribution in [0.5, 0.6) is 0 Å². The molecule has 0 heterocycles. The molecule has 0 aliphatic carbocycles. The third kappa shape index (κ3) is 1.53. The standard InChI is InChI=1S/C7H7FN2O/c8-6-3-5(4-11)1-2-7(6)10-9/h1-4,10H,9H2. The van der Waals surface area contributed by atoms with E-state index >= 15 is 0 Å². The number of nitrogen functional groups attached to an aromatic ring is 1. The Morgan fingerprint density at radius 1 is 1.55 bits per heavy atom. The van der Waals surface area contributed by atoms with Crippen LogP contribution in [0.4, 0.5) is 10.1 Å². The quantitative estimate of drug-likeness (QED) is 0.378. The van der Waals surface area contributed by atoms with Gasteiger partial charge in [0.1, 0.15) is 12.1 Å². The van der Waals surface area contributed by atoms with Crippen molar-refractivity contribution in [3.8, 4) is 0 Å². The largest absolute Gasteiger partial charge is 0.321 e. The number of hydrogen-bond donors (Lipinski definition) is 2. The van der Waals surface area contributed by atoms with Gasteiger partial charge in [-0.15, -0.1) is 0 Å². The smallest absolute Gasteiger partial charge is 0.150 e. The van der Waals surface area contributed by atoms with Gasteiger partial charge < -0.3 is 5.43 Å². The molecule has 1 aromatic rings. The van der Waals surface area contributed by atoms with Gasteiger partial charge in [0.15, 0.2) is 0 Å². The minimum absolute atomic E-state index is 0.176. The summed E-state index contributed by atoms with van der Waals surface area (Å²) in [7, 11) is 0. The Kier molecular flexibility index (Phi) is 2.18. The highest BCUT2D eigenvalue weighted by molar-refractivity contribution is 5.75. The number of rotatable bonds is 2. The van der Waals surface area contributed by atoms with E-state index in [1.165, 1.54) is 12.1 Å². The number of anilines is 1. The van der Waals surface area contributed by atoms with E-state index in [1.54, 1.807) is 0 Å². The molecular weight excluding hydrogens is 147 g/mol. The summed E-state index contributed by atoms with van der Waals surface area (Å²) >= 11 is 0. The van der Waals surface area contributed by atoms with Gasteiger partial charge >= 0.3 is 0 Å². The van der Waals surface area contributed by atoms with Crippen molar-refractivity contribution in [3.05, 3.63) is 29.6 Å². The zero-order valence-electron chi connectivity index (χ0n) is 5.67. The van der Waals surface area contributed by atoms with Crippen LogP contribution in [0.15, 0.2) is 18.2 Å². The molecule has 0 aliphatic heterocycles. The number of aldehydes is 1. The predicted octanol–water partition coefficient (Wildman–Crippen LogP) is 0.924. The molecule has 0 aromatic heterocycles. The van der Waals surface area contributed by atoms with E-state index in [2.05, 4.69) is 5.43 Å². The normalized spacial score (nSPS) is 9.27. The maximum Gasteiger partial charge on any atom is 0.150 e. The van der Waals surface area contributed by atoms with Crippen LogP contribution in [0.1, 0.15) is 10.4 Å². The van der Waals surface area contributed by atoms with Crippen LogP contribution >= 0.6 is 0 Å². The molecule has 0 aliphatic rings. The molecule has 58 valence electrons. The van der Waals surface area contributed by atoms with Gasteiger partial charge in [-0.3, -0.25) is 10.6 Å². The highest BCUT2D eigenvalue weighted by Crippen LogP contribution is 2.12. The van der Waals surface area contributed by atoms with Gasteiger partial charge in [-0.2, -0.15) is 0 Å². The summed E-state index contributed by atoms with van der Waals surface area (Å²) in [5, 5.41) is 0.